The van der Waals surface area contributed by atoms with E-state index in [0.717, 1.165) is 22.2 Å². The molecule has 1 unspecified atom stereocenters. The molecule has 0 bridgehead atoms. The standard InChI is InChI=1S/C20H44Si2/c1-15(2)21(16(3)4,17(5)6)13-18-14-22(18,19(7,8)9)20(10,11)12/h15-18H,13-14H2,1-12H3. The van der Waals surface area contributed by atoms with Crippen molar-refractivity contribution < 1.29 is 0 Å². The molecule has 0 aliphatic carbocycles. The Kier molecular flexibility index (Phi) is 5.64. The van der Waals surface area contributed by atoms with Gasteiger partial charge in [-0.05, 0) is 15.6 Å². The Morgan fingerprint density at radius 2 is 1.09 bits per heavy atom. The fourth-order valence-electron chi connectivity index (χ4n) is 6.67. The van der Waals surface area contributed by atoms with Crippen molar-refractivity contribution in [2.45, 2.75) is 127 Å². The maximum atomic E-state index is 2.55. The third-order valence-corrected chi connectivity index (χ3v) is 23.4. The molecule has 1 aliphatic rings. The van der Waals surface area contributed by atoms with Crippen molar-refractivity contribution in [3.05, 3.63) is 0 Å². The van der Waals surface area contributed by atoms with Crippen molar-refractivity contribution in [1.82, 2.24) is 0 Å². The first-order chi connectivity index (χ1) is 9.64. The van der Waals surface area contributed by atoms with E-state index in [-0.39, 0.29) is 0 Å². The average Bonchev–Trinajstić information content (AvgIpc) is 2.98. The molecule has 1 aliphatic heterocycles. The summed E-state index contributed by atoms with van der Waals surface area (Å²) in [5.41, 5.74) is 3.84. The summed E-state index contributed by atoms with van der Waals surface area (Å²) in [4.78, 5) is 0. The number of hydrogen-bond acceptors (Lipinski definition) is 0. The molecule has 1 saturated heterocycles. The molecule has 0 aromatic carbocycles. The van der Waals surface area contributed by atoms with Gasteiger partial charge in [-0.15, -0.1) is 0 Å². The van der Waals surface area contributed by atoms with Crippen LogP contribution in [0.1, 0.15) is 83.1 Å². The molecule has 0 nitrogen and oxygen atoms in total. The molecule has 1 fully saturated rings. The summed E-state index contributed by atoms with van der Waals surface area (Å²) >= 11 is 0. The van der Waals surface area contributed by atoms with Gasteiger partial charge in [-0.3, -0.25) is 0 Å². The van der Waals surface area contributed by atoms with E-state index in [9.17, 15) is 0 Å². The highest BCUT2D eigenvalue weighted by atomic mass is 28.3. The first-order valence-electron chi connectivity index (χ1n) is 9.64. The van der Waals surface area contributed by atoms with Crippen LogP contribution in [0.5, 0.6) is 0 Å². The van der Waals surface area contributed by atoms with Crippen LogP contribution in [0.25, 0.3) is 0 Å². The zero-order chi connectivity index (χ0) is 17.7. The molecule has 0 radical (unpaired) electrons. The van der Waals surface area contributed by atoms with Gasteiger partial charge in [0.25, 0.3) is 0 Å². The smallest absolute Gasteiger partial charge is 0.0651 e. The lowest BCUT2D eigenvalue weighted by atomic mass is 10.2. The molecule has 2 heteroatoms. The molecule has 0 aromatic heterocycles. The van der Waals surface area contributed by atoms with Crippen LogP contribution < -0.4 is 0 Å². The highest BCUT2D eigenvalue weighted by molar-refractivity contribution is 6.98. The quantitative estimate of drug-likeness (QED) is 0.443. The van der Waals surface area contributed by atoms with Crippen molar-refractivity contribution in [2.75, 3.05) is 0 Å². The Hall–Kier alpha value is 0.434. The Morgan fingerprint density at radius 1 is 0.773 bits per heavy atom. The summed E-state index contributed by atoms with van der Waals surface area (Å²) in [5.74, 6) is 0. The van der Waals surface area contributed by atoms with Gasteiger partial charge in [0.05, 0.1) is 16.1 Å². The van der Waals surface area contributed by atoms with Gasteiger partial charge in [0.2, 0.25) is 0 Å². The summed E-state index contributed by atoms with van der Waals surface area (Å²) in [6.45, 7) is 30.5. The predicted octanol–water partition coefficient (Wildman–Crippen LogP) is 8.10. The third kappa shape index (κ3) is 3.03. The summed E-state index contributed by atoms with van der Waals surface area (Å²) < 4.78 is 0. The van der Waals surface area contributed by atoms with Gasteiger partial charge in [-0.2, -0.15) is 0 Å². The molecule has 132 valence electrons. The maximum Gasteiger partial charge on any atom is 0.0669 e. The average molecular weight is 341 g/mol. The fraction of sp³-hybridized carbons (Fsp3) is 1.00. The van der Waals surface area contributed by atoms with Crippen LogP contribution in [0.2, 0.25) is 44.3 Å². The monoisotopic (exact) mass is 340 g/mol. The predicted molar refractivity (Wildman–Crippen MR) is 110 cm³/mol. The van der Waals surface area contributed by atoms with Gasteiger partial charge in [0.1, 0.15) is 0 Å². The summed E-state index contributed by atoms with van der Waals surface area (Å²) in [7, 11) is -2.44. The van der Waals surface area contributed by atoms with Crippen LogP contribution in [0.4, 0.5) is 0 Å². The van der Waals surface area contributed by atoms with E-state index in [2.05, 4.69) is 83.1 Å². The normalized spacial score (nSPS) is 22.8. The van der Waals surface area contributed by atoms with Crippen LogP contribution in [0.3, 0.4) is 0 Å². The minimum absolute atomic E-state index is 0.557. The van der Waals surface area contributed by atoms with E-state index in [1.807, 2.05) is 0 Å². The molecule has 0 aromatic rings. The largest absolute Gasteiger partial charge is 0.0669 e. The molecular weight excluding hydrogens is 296 g/mol. The molecule has 1 rings (SSSR count). The topological polar surface area (TPSA) is 0 Å². The van der Waals surface area contributed by atoms with Crippen LogP contribution in [-0.2, 0) is 0 Å². The van der Waals surface area contributed by atoms with Gasteiger partial charge in [0, 0.05) is 0 Å². The number of rotatable bonds is 5. The van der Waals surface area contributed by atoms with Crippen molar-refractivity contribution >= 4 is 16.1 Å². The summed E-state index contributed by atoms with van der Waals surface area (Å²) in [6, 6.07) is 3.21. The van der Waals surface area contributed by atoms with Gasteiger partial charge < -0.3 is 0 Å². The van der Waals surface area contributed by atoms with Crippen molar-refractivity contribution in [1.29, 1.82) is 0 Å². The van der Waals surface area contributed by atoms with Crippen LogP contribution in [-0.4, -0.2) is 16.1 Å². The highest BCUT2D eigenvalue weighted by Gasteiger charge is 2.69. The van der Waals surface area contributed by atoms with Crippen LogP contribution in [0, 0.1) is 0 Å². The maximum absolute atomic E-state index is 2.55. The highest BCUT2D eigenvalue weighted by Crippen LogP contribution is 2.74. The van der Waals surface area contributed by atoms with E-state index in [1.165, 1.54) is 0 Å². The van der Waals surface area contributed by atoms with Crippen molar-refractivity contribution in [3.63, 3.8) is 0 Å². The first kappa shape index (κ1) is 20.5. The lowest BCUT2D eigenvalue weighted by molar-refractivity contribution is 0.633. The lowest BCUT2D eigenvalue weighted by Crippen LogP contribution is -2.46. The van der Waals surface area contributed by atoms with Gasteiger partial charge in [-0.25, -0.2) is 0 Å². The van der Waals surface area contributed by atoms with E-state index in [4.69, 9.17) is 0 Å². The zero-order valence-corrected chi connectivity index (χ0v) is 19.7. The molecular formula is C20H44Si2. The minimum Gasteiger partial charge on any atom is -0.0651 e. The Labute approximate surface area is 143 Å². The minimum atomic E-state index is -1.24. The second-order valence-corrected chi connectivity index (χ2v) is 23.4. The van der Waals surface area contributed by atoms with Gasteiger partial charge >= 0.3 is 0 Å². The second-order valence-electron chi connectivity index (χ2n) is 11.2. The molecule has 0 spiro atoms. The molecule has 1 heterocycles. The molecule has 0 amide bonds. The molecule has 22 heavy (non-hydrogen) atoms. The molecule has 1 atom stereocenters. The fourth-order valence-corrected chi connectivity index (χ4v) is 23.2. The third-order valence-electron chi connectivity index (χ3n) is 7.61. The van der Waals surface area contributed by atoms with E-state index in [1.54, 1.807) is 12.1 Å². The van der Waals surface area contributed by atoms with Crippen molar-refractivity contribution in [3.8, 4) is 0 Å². The van der Waals surface area contributed by atoms with Crippen molar-refractivity contribution in [2.24, 2.45) is 0 Å². The summed E-state index contributed by atoms with van der Waals surface area (Å²) in [6.07, 6.45) is 0. The van der Waals surface area contributed by atoms with E-state index in [0.29, 0.717) is 10.1 Å². The van der Waals surface area contributed by atoms with E-state index >= 15 is 0 Å². The lowest BCUT2D eigenvalue weighted by Gasteiger charge is -2.47. The SMILES string of the molecule is CC(C)[Si](CC1C[Si]1(C(C)(C)C)C(C)(C)C)(C(C)C)C(C)C. The Morgan fingerprint density at radius 3 is 1.27 bits per heavy atom. The Balaban J connectivity index is 3.18. The number of hydrogen-bond donors (Lipinski definition) is 0. The zero-order valence-electron chi connectivity index (χ0n) is 17.7. The van der Waals surface area contributed by atoms with Crippen LogP contribution in [0.15, 0.2) is 0 Å². The van der Waals surface area contributed by atoms with Gasteiger partial charge in [-0.1, -0.05) is 112 Å². The molecule has 0 N–H and O–H groups in total. The van der Waals surface area contributed by atoms with Gasteiger partial charge in [0.15, 0.2) is 0 Å². The Bertz CT molecular complexity index is 344. The van der Waals surface area contributed by atoms with E-state index < -0.39 is 16.1 Å². The van der Waals surface area contributed by atoms with Crippen LogP contribution >= 0.6 is 0 Å². The summed E-state index contributed by atoms with van der Waals surface area (Å²) in [5, 5.41) is 1.11. The first-order valence-corrected chi connectivity index (χ1v) is 14.4. The molecule has 0 saturated carbocycles. The second kappa shape index (κ2) is 6.06.